The zero-order valence-corrected chi connectivity index (χ0v) is 14.4. The number of carbonyl (C=O) groups excluding carboxylic acids is 2. The molecule has 1 aromatic heterocycles. The van der Waals surface area contributed by atoms with Crippen molar-refractivity contribution >= 4 is 17.6 Å². The van der Waals surface area contributed by atoms with E-state index >= 15 is 0 Å². The van der Waals surface area contributed by atoms with Gasteiger partial charge in [0, 0.05) is 24.8 Å². The standard InChI is InChI=1S/C18H20FN3O4/c1-12-9-16(21-26-12)20-17(23)11-22(10-15-3-2-8-25-15)18(24)13-4-6-14(19)7-5-13/h4-7,9,15H,2-3,8,10-11H2,1H3,(H,20,21,23). The Kier molecular flexibility index (Phi) is 5.62. The van der Waals surface area contributed by atoms with Crippen molar-refractivity contribution in [2.24, 2.45) is 0 Å². The lowest BCUT2D eigenvalue weighted by Crippen LogP contribution is -2.42. The van der Waals surface area contributed by atoms with Gasteiger partial charge in [0.1, 0.15) is 18.1 Å². The van der Waals surface area contributed by atoms with Crippen LogP contribution in [0.1, 0.15) is 29.0 Å². The Labute approximate surface area is 150 Å². The molecule has 2 heterocycles. The number of benzene rings is 1. The van der Waals surface area contributed by atoms with Gasteiger partial charge in [-0.25, -0.2) is 4.39 Å². The molecule has 0 spiro atoms. The van der Waals surface area contributed by atoms with Crippen LogP contribution in [-0.4, -0.2) is 47.7 Å². The van der Waals surface area contributed by atoms with Gasteiger partial charge in [0.15, 0.2) is 5.82 Å². The molecule has 1 unspecified atom stereocenters. The van der Waals surface area contributed by atoms with Crippen molar-refractivity contribution in [3.05, 3.63) is 47.5 Å². The molecule has 26 heavy (non-hydrogen) atoms. The Bertz CT molecular complexity index is 769. The number of ether oxygens (including phenoxy) is 1. The Balaban J connectivity index is 1.70. The van der Waals surface area contributed by atoms with E-state index in [0.29, 0.717) is 30.3 Å². The maximum absolute atomic E-state index is 13.1. The van der Waals surface area contributed by atoms with Gasteiger partial charge in [-0.15, -0.1) is 0 Å². The molecule has 1 aliphatic heterocycles. The SMILES string of the molecule is Cc1cc(NC(=O)CN(CC2CCCO2)C(=O)c2ccc(F)cc2)no1. The number of amides is 2. The van der Waals surface area contributed by atoms with Gasteiger partial charge in [-0.3, -0.25) is 9.59 Å². The number of halogens is 1. The van der Waals surface area contributed by atoms with E-state index in [2.05, 4.69) is 10.5 Å². The minimum Gasteiger partial charge on any atom is -0.376 e. The van der Waals surface area contributed by atoms with Crippen LogP contribution >= 0.6 is 0 Å². The highest BCUT2D eigenvalue weighted by Crippen LogP contribution is 2.16. The van der Waals surface area contributed by atoms with Gasteiger partial charge in [0.05, 0.1) is 6.10 Å². The van der Waals surface area contributed by atoms with Crippen LogP contribution in [-0.2, 0) is 9.53 Å². The van der Waals surface area contributed by atoms with E-state index in [4.69, 9.17) is 9.26 Å². The normalized spacial score (nSPS) is 16.5. The quantitative estimate of drug-likeness (QED) is 0.854. The summed E-state index contributed by atoms with van der Waals surface area (Å²) in [6.07, 6.45) is 1.65. The highest BCUT2D eigenvalue weighted by molar-refractivity contribution is 5.99. The number of aromatic nitrogens is 1. The number of carbonyl (C=O) groups is 2. The Morgan fingerprint density at radius 1 is 1.35 bits per heavy atom. The van der Waals surface area contributed by atoms with Crippen molar-refractivity contribution in [1.82, 2.24) is 10.1 Å². The minimum absolute atomic E-state index is 0.110. The van der Waals surface area contributed by atoms with Crippen molar-refractivity contribution < 1.29 is 23.2 Å². The van der Waals surface area contributed by atoms with E-state index in [1.165, 1.54) is 29.2 Å². The summed E-state index contributed by atoms with van der Waals surface area (Å²) in [6, 6.07) is 6.83. The summed E-state index contributed by atoms with van der Waals surface area (Å²) in [5.41, 5.74) is 0.314. The lowest BCUT2D eigenvalue weighted by Gasteiger charge is -2.25. The maximum atomic E-state index is 13.1. The lowest BCUT2D eigenvalue weighted by molar-refractivity contribution is -0.117. The summed E-state index contributed by atoms with van der Waals surface area (Å²) < 4.78 is 23.6. The van der Waals surface area contributed by atoms with Crippen LogP contribution in [0.3, 0.4) is 0 Å². The molecule has 3 rings (SSSR count). The molecule has 1 saturated heterocycles. The average Bonchev–Trinajstić information content (AvgIpc) is 3.26. The van der Waals surface area contributed by atoms with Crippen molar-refractivity contribution in [3.8, 4) is 0 Å². The molecule has 2 amide bonds. The fourth-order valence-corrected chi connectivity index (χ4v) is 2.81. The van der Waals surface area contributed by atoms with Crippen molar-refractivity contribution in [2.45, 2.75) is 25.9 Å². The number of nitrogens with one attached hydrogen (secondary N) is 1. The maximum Gasteiger partial charge on any atom is 0.254 e. The molecule has 0 saturated carbocycles. The first-order valence-corrected chi connectivity index (χ1v) is 8.41. The summed E-state index contributed by atoms with van der Waals surface area (Å²) in [5.74, 6) is -0.317. The van der Waals surface area contributed by atoms with Crippen molar-refractivity contribution in [3.63, 3.8) is 0 Å². The van der Waals surface area contributed by atoms with Gasteiger partial charge in [-0.05, 0) is 44.0 Å². The van der Waals surface area contributed by atoms with E-state index in [9.17, 15) is 14.0 Å². The molecule has 0 bridgehead atoms. The summed E-state index contributed by atoms with van der Waals surface area (Å²) >= 11 is 0. The summed E-state index contributed by atoms with van der Waals surface area (Å²) in [5, 5.41) is 6.30. The smallest absolute Gasteiger partial charge is 0.254 e. The third-order valence-electron chi connectivity index (χ3n) is 4.06. The Morgan fingerprint density at radius 3 is 2.73 bits per heavy atom. The molecule has 2 aromatic rings. The summed E-state index contributed by atoms with van der Waals surface area (Å²) in [6.45, 7) is 2.49. The molecule has 138 valence electrons. The minimum atomic E-state index is -0.425. The third-order valence-corrected chi connectivity index (χ3v) is 4.06. The molecule has 1 fully saturated rings. The first-order valence-electron chi connectivity index (χ1n) is 8.41. The van der Waals surface area contributed by atoms with Gasteiger partial charge in [-0.1, -0.05) is 5.16 Å². The van der Waals surface area contributed by atoms with Crippen LogP contribution in [0.5, 0.6) is 0 Å². The topological polar surface area (TPSA) is 84.7 Å². The predicted molar refractivity (Wildman–Crippen MR) is 91.1 cm³/mol. The molecule has 1 atom stereocenters. The molecule has 1 aromatic carbocycles. The number of hydrogen-bond donors (Lipinski definition) is 1. The van der Waals surface area contributed by atoms with E-state index in [1.807, 2.05) is 0 Å². The zero-order chi connectivity index (χ0) is 18.5. The molecular formula is C18H20FN3O4. The number of nitrogens with zero attached hydrogens (tertiary/aromatic N) is 2. The molecule has 7 nitrogen and oxygen atoms in total. The first-order chi connectivity index (χ1) is 12.5. The monoisotopic (exact) mass is 361 g/mol. The van der Waals surface area contributed by atoms with Gasteiger partial charge >= 0.3 is 0 Å². The van der Waals surface area contributed by atoms with E-state index in [0.717, 1.165) is 12.8 Å². The van der Waals surface area contributed by atoms with Crippen LogP contribution in [0.4, 0.5) is 10.2 Å². The Morgan fingerprint density at radius 2 is 2.12 bits per heavy atom. The number of rotatable bonds is 6. The van der Waals surface area contributed by atoms with E-state index in [1.54, 1.807) is 13.0 Å². The van der Waals surface area contributed by atoms with Crippen LogP contribution in [0.15, 0.2) is 34.9 Å². The van der Waals surface area contributed by atoms with Gasteiger partial charge in [-0.2, -0.15) is 0 Å². The molecule has 0 aliphatic carbocycles. The number of aryl methyl sites for hydroxylation is 1. The second-order valence-electron chi connectivity index (χ2n) is 6.20. The number of hydrogen-bond acceptors (Lipinski definition) is 5. The molecule has 8 heteroatoms. The molecule has 0 radical (unpaired) electrons. The van der Waals surface area contributed by atoms with Crippen LogP contribution in [0, 0.1) is 12.7 Å². The second-order valence-corrected chi connectivity index (χ2v) is 6.20. The fourth-order valence-electron chi connectivity index (χ4n) is 2.81. The largest absolute Gasteiger partial charge is 0.376 e. The first kappa shape index (κ1) is 18.1. The van der Waals surface area contributed by atoms with Crippen LogP contribution < -0.4 is 5.32 Å². The van der Waals surface area contributed by atoms with Crippen LogP contribution in [0.25, 0.3) is 0 Å². The fraction of sp³-hybridized carbons (Fsp3) is 0.389. The Hall–Kier alpha value is -2.74. The summed E-state index contributed by atoms with van der Waals surface area (Å²) in [4.78, 5) is 26.5. The van der Waals surface area contributed by atoms with Gasteiger partial charge < -0.3 is 19.5 Å². The van der Waals surface area contributed by atoms with Crippen molar-refractivity contribution in [1.29, 1.82) is 0 Å². The van der Waals surface area contributed by atoms with Gasteiger partial charge in [0.25, 0.3) is 5.91 Å². The highest BCUT2D eigenvalue weighted by atomic mass is 19.1. The van der Waals surface area contributed by atoms with Crippen molar-refractivity contribution in [2.75, 3.05) is 25.0 Å². The highest BCUT2D eigenvalue weighted by Gasteiger charge is 2.25. The lowest BCUT2D eigenvalue weighted by atomic mass is 10.1. The van der Waals surface area contributed by atoms with E-state index < -0.39 is 11.7 Å². The average molecular weight is 361 g/mol. The molecular weight excluding hydrogens is 341 g/mol. The number of anilines is 1. The summed E-state index contributed by atoms with van der Waals surface area (Å²) in [7, 11) is 0. The predicted octanol–water partition coefficient (Wildman–Crippen LogP) is 2.38. The van der Waals surface area contributed by atoms with Gasteiger partial charge in [0.2, 0.25) is 5.91 Å². The molecule has 1 aliphatic rings. The molecule has 1 N–H and O–H groups in total. The third kappa shape index (κ3) is 4.66. The zero-order valence-electron chi connectivity index (χ0n) is 14.4. The van der Waals surface area contributed by atoms with E-state index in [-0.39, 0.29) is 18.6 Å². The van der Waals surface area contributed by atoms with Crippen LogP contribution in [0.2, 0.25) is 0 Å². The second kappa shape index (κ2) is 8.09.